The van der Waals surface area contributed by atoms with Crippen LogP contribution in [0.2, 0.25) is 5.02 Å². The lowest BCUT2D eigenvalue weighted by Crippen LogP contribution is -2.37. The third-order valence-electron chi connectivity index (χ3n) is 4.36. The molecule has 118 valence electrons. The minimum absolute atomic E-state index is 0.0933. The highest BCUT2D eigenvalue weighted by atomic mass is 35.5. The van der Waals surface area contributed by atoms with E-state index in [1.54, 1.807) is 0 Å². The van der Waals surface area contributed by atoms with Crippen molar-refractivity contribution in [3.05, 3.63) is 28.5 Å². The number of hydrogen-bond donors (Lipinski definition) is 2. The van der Waals surface area contributed by atoms with E-state index in [1.807, 2.05) is 6.92 Å². The Kier molecular flexibility index (Phi) is 4.92. The number of nitrogens with one attached hydrogen (secondary N) is 1. The SMILES string of the molecule is CC1CCC(NS(=O)(=O)c2cc(Cl)cc(CN)c2F)C1C. The average Bonchev–Trinajstić information content (AvgIpc) is 2.72. The molecule has 7 heteroatoms. The molecular formula is C14H20ClFN2O2S. The van der Waals surface area contributed by atoms with Crippen molar-refractivity contribution in [2.75, 3.05) is 0 Å². The van der Waals surface area contributed by atoms with Crippen molar-refractivity contribution < 1.29 is 12.8 Å². The van der Waals surface area contributed by atoms with Crippen molar-refractivity contribution in [2.45, 2.75) is 44.2 Å². The van der Waals surface area contributed by atoms with E-state index in [0.717, 1.165) is 18.9 Å². The highest BCUT2D eigenvalue weighted by Gasteiger charge is 2.34. The van der Waals surface area contributed by atoms with E-state index in [2.05, 4.69) is 11.6 Å². The molecule has 1 aromatic carbocycles. The molecule has 3 atom stereocenters. The van der Waals surface area contributed by atoms with Gasteiger partial charge in [0.15, 0.2) is 0 Å². The van der Waals surface area contributed by atoms with Gasteiger partial charge in [-0.05, 0) is 36.8 Å². The molecule has 0 saturated heterocycles. The van der Waals surface area contributed by atoms with Crippen LogP contribution < -0.4 is 10.5 Å². The number of benzene rings is 1. The topological polar surface area (TPSA) is 72.2 Å². The number of rotatable bonds is 4. The molecule has 3 N–H and O–H groups in total. The van der Waals surface area contributed by atoms with Gasteiger partial charge in [-0.3, -0.25) is 0 Å². The number of sulfonamides is 1. The van der Waals surface area contributed by atoms with Crippen LogP contribution in [0.3, 0.4) is 0 Å². The highest BCUT2D eigenvalue weighted by molar-refractivity contribution is 7.89. The van der Waals surface area contributed by atoms with E-state index >= 15 is 0 Å². The van der Waals surface area contributed by atoms with E-state index in [0.29, 0.717) is 5.92 Å². The van der Waals surface area contributed by atoms with Crippen LogP contribution in [0.25, 0.3) is 0 Å². The van der Waals surface area contributed by atoms with Gasteiger partial charge in [0, 0.05) is 23.2 Å². The van der Waals surface area contributed by atoms with Gasteiger partial charge in [-0.2, -0.15) is 0 Å². The van der Waals surface area contributed by atoms with Crippen LogP contribution in [0.4, 0.5) is 4.39 Å². The summed E-state index contributed by atoms with van der Waals surface area (Å²) in [7, 11) is -3.95. The molecule has 3 unspecified atom stereocenters. The molecule has 1 aromatic rings. The molecular weight excluding hydrogens is 315 g/mol. The van der Waals surface area contributed by atoms with Crippen LogP contribution in [-0.4, -0.2) is 14.5 Å². The molecule has 21 heavy (non-hydrogen) atoms. The summed E-state index contributed by atoms with van der Waals surface area (Å²) in [5, 5.41) is 0.157. The largest absolute Gasteiger partial charge is 0.326 e. The smallest absolute Gasteiger partial charge is 0.243 e. The van der Waals surface area contributed by atoms with Crippen molar-refractivity contribution in [2.24, 2.45) is 17.6 Å². The van der Waals surface area contributed by atoms with Crippen molar-refractivity contribution >= 4 is 21.6 Å². The number of halogens is 2. The maximum Gasteiger partial charge on any atom is 0.243 e. The Labute approximate surface area is 129 Å². The fourth-order valence-electron chi connectivity index (χ4n) is 2.76. The Morgan fingerprint density at radius 3 is 2.57 bits per heavy atom. The van der Waals surface area contributed by atoms with Crippen LogP contribution in [0, 0.1) is 17.7 Å². The van der Waals surface area contributed by atoms with Crippen LogP contribution >= 0.6 is 11.6 Å². The lowest BCUT2D eigenvalue weighted by Gasteiger charge is -2.20. The summed E-state index contributed by atoms with van der Waals surface area (Å²) in [6, 6.07) is 2.29. The van der Waals surface area contributed by atoms with Gasteiger partial charge >= 0.3 is 0 Å². The van der Waals surface area contributed by atoms with Crippen molar-refractivity contribution in [3.63, 3.8) is 0 Å². The van der Waals surface area contributed by atoms with Crippen LogP contribution in [0.5, 0.6) is 0 Å². The van der Waals surface area contributed by atoms with Gasteiger partial charge in [0.1, 0.15) is 10.7 Å². The monoisotopic (exact) mass is 334 g/mol. The zero-order valence-corrected chi connectivity index (χ0v) is 13.6. The first-order valence-corrected chi connectivity index (χ1v) is 8.82. The first kappa shape index (κ1) is 16.7. The Morgan fingerprint density at radius 1 is 1.38 bits per heavy atom. The second kappa shape index (κ2) is 6.20. The summed E-state index contributed by atoms with van der Waals surface area (Å²) in [5.74, 6) is -0.161. The zero-order chi connectivity index (χ0) is 15.8. The van der Waals surface area contributed by atoms with Crippen molar-refractivity contribution in [3.8, 4) is 0 Å². The molecule has 4 nitrogen and oxygen atoms in total. The Morgan fingerprint density at radius 2 is 2.05 bits per heavy atom. The van der Waals surface area contributed by atoms with Crippen LogP contribution in [0.1, 0.15) is 32.3 Å². The summed E-state index contributed by atoms with van der Waals surface area (Å²) >= 11 is 5.86. The minimum Gasteiger partial charge on any atom is -0.326 e. The molecule has 0 amide bonds. The molecule has 1 aliphatic rings. The predicted octanol–water partition coefficient (Wildman–Crippen LogP) is 2.65. The van der Waals surface area contributed by atoms with E-state index < -0.39 is 20.7 Å². The molecule has 0 heterocycles. The lowest BCUT2D eigenvalue weighted by molar-refractivity contribution is 0.401. The zero-order valence-electron chi connectivity index (χ0n) is 12.1. The maximum absolute atomic E-state index is 14.2. The molecule has 0 aliphatic heterocycles. The minimum atomic E-state index is -3.95. The summed E-state index contributed by atoms with van der Waals surface area (Å²) < 4.78 is 41.7. The first-order chi connectivity index (χ1) is 9.76. The van der Waals surface area contributed by atoms with Gasteiger partial charge in [0.05, 0.1) is 0 Å². The van der Waals surface area contributed by atoms with Crippen LogP contribution in [0.15, 0.2) is 17.0 Å². The summed E-state index contributed by atoms with van der Waals surface area (Å²) in [6.07, 6.45) is 1.72. The molecule has 0 bridgehead atoms. The van der Waals surface area contributed by atoms with E-state index in [1.165, 1.54) is 6.07 Å². The molecule has 1 saturated carbocycles. The average molecular weight is 335 g/mol. The van der Waals surface area contributed by atoms with Gasteiger partial charge in [-0.25, -0.2) is 17.5 Å². The van der Waals surface area contributed by atoms with Gasteiger partial charge in [-0.15, -0.1) is 0 Å². The molecule has 1 aliphatic carbocycles. The normalized spacial score (nSPS) is 26.2. The second-order valence-electron chi connectivity index (χ2n) is 5.72. The quantitative estimate of drug-likeness (QED) is 0.889. The summed E-state index contributed by atoms with van der Waals surface area (Å²) in [6.45, 7) is 3.99. The fourth-order valence-corrected chi connectivity index (χ4v) is 4.57. The highest BCUT2D eigenvalue weighted by Crippen LogP contribution is 2.32. The van der Waals surface area contributed by atoms with E-state index in [-0.39, 0.29) is 29.1 Å². The maximum atomic E-state index is 14.2. The van der Waals surface area contributed by atoms with E-state index in [9.17, 15) is 12.8 Å². The Balaban J connectivity index is 2.34. The predicted molar refractivity (Wildman–Crippen MR) is 81.0 cm³/mol. The van der Waals surface area contributed by atoms with E-state index in [4.69, 9.17) is 17.3 Å². The molecule has 0 radical (unpaired) electrons. The number of nitrogens with two attached hydrogens (primary N) is 1. The van der Waals surface area contributed by atoms with Gasteiger partial charge in [-0.1, -0.05) is 25.4 Å². The van der Waals surface area contributed by atoms with Gasteiger partial charge < -0.3 is 5.73 Å². The molecule has 2 rings (SSSR count). The fraction of sp³-hybridized carbons (Fsp3) is 0.571. The second-order valence-corrected chi connectivity index (χ2v) is 7.84. The van der Waals surface area contributed by atoms with Gasteiger partial charge in [0.2, 0.25) is 10.0 Å². The molecule has 1 fully saturated rings. The van der Waals surface area contributed by atoms with Crippen molar-refractivity contribution in [1.29, 1.82) is 0 Å². The summed E-state index contributed by atoms with van der Waals surface area (Å²) in [5.41, 5.74) is 5.51. The third kappa shape index (κ3) is 3.39. The molecule has 0 aromatic heterocycles. The first-order valence-electron chi connectivity index (χ1n) is 6.96. The third-order valence-corrected chi connectivity index (χ3v) is 6.07. The lowest BCUT2D eigenvalue weighted by atomic mass is 9.98. The molecule has 0 spiro atoms. The number of hydrogen-bond acceptors (Lipinski definition) is 3. The van der Waals surface area contributed by atoms with Crippen LogP contribution in [-0.2, 0) is 16.6 Å². The Bertz CT molecular complexity index is 636. The standard InChI is InChI=1S/C14H20ClFN2O2S/c1-8-3-4-12(9(8)2)18-21(19,20)13-6-11(15)5-10(7-17)14(13)16/h5-6,8-9,12,18H,3-4,7,17H2,1-2H3. The van der Waals surface area contributed by atoms with Gasteiger partial charge in [0.25, 0.3) is 0 Å². The summed E-state index contributed by atoms with van der Waals surface area (Å²) in [4.78, 5) is -0.429. The van der Waals surface area contributed by atoms with Crippen molar-refractivity contribution in [1.82, 2.24) is 4.72 Å². The Hall–Kier alpha value is -0.690.